The molecule has 0 aliphatic rings. The van der Waals surface area contributed by atoms with Crippen LogP contribution in [0.4, 0.5) is 16.3 Å². The molecule has 0 radical (unpaired) electrons. The summed E-state index contributed by atoms with van der Waals surface area (Å²) >= 11 is 0. The second-order valence-electron chi connectivity index (χ2n) is 4.41. The van der Waals surface area contributed by atoms with E-state index < -0.39 is 0 Å². The van der Waals surface area contributed by atoms with Gasteiger partial charge in [-0.1, -0.05) is 12.1 Å². The molecule has 1 heterocycles. The van der Waals surface area contributed by atoms with Crippen molar-refractivity contribution in [3.05, 3.63) is 35.6 Å². The molecule has 0 atom stereocenters. The van der Waals surface area contributed by atoms with Crippen LogP contribution in [0.1, 0.15) is 12.5 Å². The second-order valence-corrected chi connectivity index (χ2v) is 4.41. The third-order valence-electron chi connectivity index (χ3n) is 2.77. The van der Waals surface area contributed by atoms with E-state index in [1.807, 2.05) is 18.9 Å². The van der Waals surface area contributed by atoms with Gasteiger partial charge < -0.3 is 15.0 Å². The molecule has 0 aliphatic heterocycles. The molecule has 1 N–H and O–H groups in total. The van der Waals surface area contributed by atoms with Crippen LogP contribution >= 0.6 is 0 Å². The summed E-state index contributed by atoms with van der Waals surface area (Å²) in [5.41, 5.74) is 0.961. The first-order valence-corrected chi connectivity index (χ1v) is 6.64. The van der Waals surface area contributed by atoms with Crippen LogP contribution in [0.5, 0.6) is 6.01 Å². The number of aromatic nitrogens is 3. The highest BCUT2D eigenvalue weighted by Gasteiger charge is 2.11. The molecule has 7 heteroatoms. The highest BCUT2D eigenvalue weighted by molar-refractivity contribution is 5.38. The van der Waals surface area contributed by atoms with Gasteiger partial charge in [-0.2, -0.15) is 15.0 Å². The lowest BCUT2D eigenvalue weighted by molar-refractivity contribution is 0.312. The molecular formula is C14H18FN5O. The summed E-state index contributed by atoms with van der Waals surface area (Å²) in [5, 5.41) is 2.87. The maximum absolute atomic E-state index is 12.9. The molecule has 112 valence electrons. The Bertz CT molecular complexity index is 590. The smallest absolute Gasteiger partial charge is 0.323 e. The molecule has 2 rings (SSSR count). The number of ether oxygens (including phenoxy) is 1. The van der Waals surface area contributed by atoms with Crippen molar-refractivity contribution >= 4 is 11.9 Å². The van der Waals surface area contributed by atoms with Crippen LogP contribution < -0.4 is 15.0 Å². The molecular weight excluding hydrogens is 273 g/mol. The van der Waals surface area contributed by atoms with E-state index in [1.54, 1.807) is 19.2 Å². The zero-order chi connectivity index (χ0) is 15.2. The zero-order valence-electron chi connectivity index (χ0n) is 12.3. The number of halogens is 1. The highest BCUT2D eigenvalue weighted by atomic mass is 19.1. The second kappa shape index (κ2) is 6.83. The van der Waals surface area contributed by atoms with Crippen LogP contribution in [-0.2, 0) is 6.54 Å². The summed E-state index contributed by atoms with van der Waals surface area (Å²) in [6.07, 6.45) is 0. The van der Waals surface area contributed by atoms with Crippen molar-refractivity contribution in [2.24, 2.45) is 0 Å². The molecule has 0 amide bonds. The molecule has 0 saturated heterocycles. The van der Waals surface area contributed by atoms with E-state index in [-0.39, 0.29) is 11.8 Å². The maximum atomic E-state index is 12.9. The topological polar surface area (TPSA) is 63.2 Å². The fourth-order valence-corrected chi connectivity index (χ4v) is 1.76. The molecule has 21 heavy (non-hydrogen) atoms. The van der Waals surface area contributed by atoms with Crippen LogP contribution in [-0.4, -0.2) is 35.7 Å². The van der Waals surface area contributed by atoms with Crippen LogP contribution in [0.15, 0.2) is 24.3 Å². The molecule has 1 aromatic heterocycles. The van der Waals surface area contributed by atoms with Gasteiger partial charge in [-0.05, 0) is 24.6 Å². The Hall–Kier alpha value is -2.44. The van der Waals surface area contributed by atoms with Gasteiger partial charge in [0.25, 0.3) is 0 Å². The normalized spacial score (nSPS) is 10.3. The van der Waals surface area contributed by atoms with Crippen LogP contribution in [0.3, 0.4) is 0 Å². The van der Waals surface area contributed by atoms with E-state index in [2.05, 4.69) is 20.3 Å². The van der Waals surface area contributed by atoms with Gasteiger partial charge in [0.1, 0.15) is 5.82 Å². The fourth-order valence-electron chi connectivity index (χ4n) is 1.76. The number of rotatable bonds is 6. The van der Waals surface area contributed by atoms with E-state index >= 15 is 0 Å². The predicted octanol–water partition coefficient (Wildman–Crippen LogP) is 2.09. The van der Waals surface area contributed by atoms with Crippen LogP contribution in [0.2, 0.25) is 0 Å². The van der Waals surface area contributed by atoms with Crippen LogP contribution in [0.25, 0.3) is 0 Å². The average molecular weight is 291 g/mol. The fraction of sp³-hybridized carbons (Fsp3) is 0.357. The Morgan fingerprint density at radius 1 is 1.19 bits per heavy atom. The van der Waals surface area contributed by atoms with Gasteiger partial charge >= 0.3 is 6.01 Å². The molecule has 0 spiro atoms. The van der Waals surface area contributed by atoms with Gasteiger partial charge in [0.15, 0.2) is 0 Å². The van der Waals surface area contributed by atoms with Gasteiger partial charge in [-0.3, -0.25) is 0 Å². The summed E-state index contributed by atoms with van der Waals surface area (Å²) in [5.74, 6) is 0.675. The first-order valence-electron chi connectivity index (χ1n) is 6.64. The number of benzene rings is 1. The van der Waals surface area contributed by atoms with Crippen molar-refractivity contribution in [2.45, 2.75) is 13.5 Å². The lowest BCUT2D eigenvalue weighted by Crippen LogP contribution is -2.20. The summed E-state index contributed by atoms with van der Waals surface area (Å²) < 4.78 is 18.2. The standard InChI is InChI=1S/C14H18FN5O/c1-4-21-14-18-12(16-2)17-13(19-14)20(3)9-10-5-7-11(15)8-6-10/h5-8H,4,9H2,1-3H3,(H,16,17,18,19). The highest BCUT2D eigenvalue weighted by Crippen LogP contribution is 2.16. The number of nitrogens with one attached hydrogen (secondary N) is 1. The third-order valence-corrected chi connectivity index (χ3v) is 2.77. The number of nitrogens with zero attached hydrogens (tertiary/aromatic N) is 4. The van der Waals surface area contributed by atoms with E-state index in [1.165, 1.54) is 12.1 Å². The molecule has 6 nitrogen and oxygen atoms in total. The zero-order valence-corrected chi connectivity index (χ0v) is 12.3. The van der Waals surface area contributed by atoms with E-state index in [4.69, 9.17) is 4.74 Å². The predicted molar refractivity (Wildman–Crippen MR) is 79.0 cm³/mol. The summed E-state index contributed by atoms with van der Waals surface area (Å²) in [6.45, 7) is 2.90. The van der Waals surface area contributed by atoms with Crippen molar-refractivity contribution in [3.63, 3.8) is 0 Å². The summed E-state index contributed by atoms with van der Waals surface area (Å²) in [4.78, 5) is 14.5. The lowest BCUT2D eigenvalue weighted by atomic mass is 10.2. The molecule has 0 fully saturated rings. The quantitative estimate of drug-likeness (QED) is 0.879. The van der Waals surface area contributed by atoms with Crippen molar-refractivity contribution < 1.29 is 9.13 Å². The van der Waals surface area contributed by atoms with E-state index in [0.29, 0.717) is 25.0 Å². The Morgan fingerprint density at radius 2 is 1.90 bits per heavy atom. The molecule has 1 aromatic carbocycles. The Kier molecular flexibility index (Phi) is 4.86. The first kappa shape index (κ1) is 15.0. The van der Waals surface area contributed by atoms with Gasteiger partial charge in [-0.25, -0.2) is 4.39 Å². The number of hydrogen-bond donors (Lipinski definition) is 1. The average Bonchev–Trinajstić information content (AvgIpc) is 2.49. The monoisotopic (exact) mass is 291 g/mol. The van der Waals surface area contributed by atoms with Crippen molar-refractivity contribution in [3.8, 4) is 6.01 Å². The first-order chi connectivity index (χ1) is 10.1. The molecule has 0 saturated carbocycles. The maximum Gasteiger partial charge on any atom is 0.323 e. The largest absolute Gasteiger partial charge is 0.464 e. The number of anilines is 2. The van der Waals surface area contributed by atoms with Gasteiger partial charge in [-0.15, -0.1) is 0 Å². The van der Waals surface area contributed by atoms with Gasteiger partial charge in [0, 0.05) is 20.6 Å². The SMILES string of the molecule is CCOc1nc(NC)nc(N(C)Cc2ccc(F)cc2)n1. The molecule has 0 unspecified atom stereocenters. The van der Waals surface area contributed by atoms with Gasteiger partial charge in [0.2, 0.25) is 11.9 Å². The Morgan fingerprint density at radius 3 is 2.52 bits per heavy atom. The lowest BCUT2D eigenvalue weighted by Gasteiger charge is -2.18. The molecule has 2 aromatic rings. The minimum Gasteiger partial charge on any atom is -0.464 e. The summed E-state index contributed by atoms with van der Waals surface area (Å²) in [6, 6.07) is 6.60. The third kappa shape index (κ3) is 4.01. The minimum atomic E-state index is -0.252. The molecule has 0 bridgehead atoms. The van der Waals surface area contributed by atoms with E-state index in [0.717, 1.165) is 5.56 Å². The Balaban J connectivity index is 2.19. The molecule has 0 aliphatic carbocycles. The van der Waals surface area contributed by atoms with Crippen molar-refractivity contribution in [1.29, 1.82) is 0 Å². The van der Waals surface area contributed by atoms with Crippen molar-refractivity contribution in [2.75, 3.05) is 30.9 Å². The van der Waals surface area contributed by atoms with Gasteiger partial charge in [0.05, 0.1) is 6.61 Å². The number of hydrogen-bond acceptors (Lipinski definition) is 6. The Labute approximate surface area is 123 Å². The summed E-state index contributed by atoms with van der Waals surface area (Å²) in [7, 11) is 3.59. The van der Waals surface area contributed by atoms with Crippen LogP contribution in [0, 0.1) is 5.82 Å². The van der Waals surface area contributed by atoms with Crippen molar-refractivity contribution in [1.82, 2.24) is 15.0 Å². The minimum absolute atomic E-state index is 0.252. The van der Waals surface area contributed by atoms with E-state index in [9.17, 15) is 4.39 Å².